The van der Waals surface area contributed by atoms with Crippen molar-refractivity contribution in [1.82, 2.24) is 0 Å². The smallest absolute Gasteiger partial charge is 0.242 e. The molecule has 2 aliphatic heterocycles. The van der Waals surface area contributed by atoms with Gasteiger partial charge in [-0.1, -0.05) is 66.7 Å². The van der Waals surface area contributed by atoms with E-state index in [1.165, 1.54) is 0 Å². The number of rotatable bonds is 2. The summed E-state index contributed by atoms with van der Waals surface area (Å²) in [7, 11) is 0. The lowest BCUT2D eigenvalue weighted by Gasteiger charge is -2.19. The summed E-state index contributed by atoms with van der Waals surface area (Å²) in [5.41, 5.74) is -1.90. The third-order valence-electron chi connectivity index (χ3n) is 7.23. The Morgan fingerprint density at radius 3 is 2.12 bits per heavy atom. The fraction of sp³-hybridized carbons (Fsp3) is 0.154. The highest BCUT2D eigenvalue weighted by atomic mass is 16.2. The van der Waals surface area contributed by atoms with Gasteiger partial charge in [0.1, 0.15) is 10.8 Å². The van der Waals surface area contributed by atoms with Crippen LogP contribution in [0, 0.1) is 28.1 Å². The number of anilines is 2. The maximum Gasteiger partial charge on any atom is 0.242 e. The Kier molecular flexibility index (Phi) is 3.35. The van der Waals surface area contributed by atoms with Crippen LogP contribution in [0.1, 0.15) is 16.7 Å². The largest absolute Gasteiger partial charge is 0.325 e. The number of nitriles is 2. The van der Waals surface area contributed by atoms with Gasteiger partial charge in [0.25, 0.3) is 0 Å². The van der Waals surface area contributed by atoms with E-state index in [1.807, 2.05) is 42.5 Å². The molecule has 6 rings (SSSR count). The maximum absolute atomic E-state index is 14.2. The second kappa shape index (κ2) is 5.84. The molecular formula is C26H16N4O2. The Hall–Kier alpha value is -4.42. The van der Waals surface area contributed by atoms with Gasteiger partial charge in [0.2, 0.25) is 11.8 Å². The summed E-state index contributed by atoms with van der Waals surface area (Å²) in [6.45, 7) is 0.282. The van der Waals surface area contributed by atoms with E-state index in [0.717, 1.165) is 5.56 Å². The van der Waals surface area contributed by atoms with E-state index in [1.54, 1.807) is 41.3 Å². The van der Waals surface area contributed by atoms with Crippen LogP contribution in [0.2, 0.25) is 0 Å². The van der Waals surface area contributed by atoms with Gasteiger partial charge in [0.15, 0.2) is 5.41 Å². The van der Waals surface area contributed by atoms with Crippen LogP contribution in [0.4, 0.5) is 11.4 Å². The van der Waals surface area contributed by atoms with E-state index < -0.39 is 28.1 Å². The summed E-state index contributed by atoms with van der Waals surface area (Å²) in [6, 6.07) is 28.0. The summed E-state index contributed by atoms with van der Waals surface area (Å²) in [4.78, 5) is 29.4. The lowest BCUT2D eigenvalue weighted by atomic mass is 9.83. The normalized spacial score (nSPS) is 25.8. The summed E-state index contributed by atoms with van der Waals surface area (Å²) >= 11 is 0. The first-order valence-electron chi connectivity index (χ1n) is 10.3. The number of nitrogens with zero attached hydrogens (tertiary/aromatic N) is 3. The fourth-order valence-corrected chi connectivity index (χ4v) is 6.03. The summed E-state index contributed by atoms with van der Waals surface area (Å²) in [5, 5.41) is 23.5. The Labute approximate surface area is 184 Å². The minimum absolute atomic E-state index is 0.282. The van der Waals surface area contributed by atoms with E-state index in [2.05, 4.69) is 17.5 Å². The lowest BCUT2D eigenvalue weighted by molar-refractivity contribution is -0.124. The Morgan fingerprint density at radius 2 is 1.41 bits per heavy atom. The van der Waals surface area contributed by atoms with Gasteiger partial charge >= 0.3 is 0 Å². The number of amides is 2. The molecule has 6 nitrogen and oxygen atoms in total. The van der Waals surface area contributed by atoms with Gasteiger partial charge in [-0.05, 0) is 28.8 Å². The molecule has 32 heavy (non-hydrogen) atoms. The molecule has 3 aliphatic rings. The van der Waals surface area contributed by atoms with Crippen molar-refractivity contribution in [1.29, 1.82) is 10.5 Å². The van der Waals surface area contributed by atoms with Gasteiger partial charge in [-0.25, -0.2) is 0 Å². The lowest BCUT2D eigenvalue weighted by Crippen LogP contribution is -2.38. The molecule has 2 amide bonds. The number of fused-ring (bicyclic) bond motifs is 5. The third kappa shape index (κ3) is 1.66. The molecule has 2 heterocycles. The summed E-state index contributed by atoms with van der Waals surface area (Å²) < 4.78 is 0. The zero-order valence-corrected chi connectivity index (χ0v) is 16.9. The maximum atomic E-state index is 14.2. The molecule has 6 heteroatoms. The van der Waals surface area contributed by atoms with Gasteiger partial charge in [0, 0.05) is 11.4 Å². The second-order valence-corrected chi connectivity index (χ2v) is 8.37. The third-order valence-corrected chi connectivity index (χ3v) is 7.23. The van der Waals surface area contributed by atoms with Crippen molar-refractivity contribution in [2.45, 2.75) is 17.4 Å². The van der Waals surface area contributed by atoms with Crippen molar-refractivity contribution in [3.8, 4) is 12.1 Å². The van der Waals surface area contributed by atoms with Crippen molar-refractivity contribution >= 4 is 23.2 Å². The topological polar surface area (TPSA) is 97.0 Å². The van der Waals surface area contributed by atoms with Crippen LogP contribution in [0.5, 0.6) is 0 Å². The standard InChI is InChI=1S/C26H16N4O2/c27-15-24(16-28)25(18-10-4-6-12-20(18)29-22(25)31)26(24)19-11-5-7-13-21(19)30(23(26)32)14-17-8-2-1-3-9-17/h1-13H,14H2,(H,29,31)/t25-,26-/m1/s1. The van der Waals surface area contributed by atoms with Gasteiger partial charge in [0.05, 0.1) is 18.7 Å². The van der Waals surface area contributed by atoms with Crippen molar-refractivity contribution in [3.63, 3.8) is 0 Å². The molecule has 2 spiro atoms. The average Bonchev–Trinajstić information content (AvgIpc) is 3.15. The number of carbonyl (C=O) groups excluding carboxylic acids is 2. The van der Waals surface area contributed by atoms with Crippen LogP contribution in [0.25, 0.3) is 0 Å². The molecule has 3 aromatic rings. The molecule has 152 valence electrons. The van der Waals surface area contributed by atoms with Crippen molar-refractivity contribution in [3.05, 3.63) is 95.6 Å². The highest BCUT2D eigenvalue weighted by molar-refractivity contribution is 6.26. The molecule has 2 atom stereocenters. The molecule has 1 fully saturated rings. The highest BCUT2D eigenvalue weighted by Gasteiger charge is 3.00. The number of benzene rings is 3. The molecule has 0 saturated heterocycles. The van der Waals surface area contributed by atoms with E-state index in [9.17, 15) is 20.1 Å². The second-order valence-electron chi connectivity index (χ2n) is 8.37. The van der Waals surface area contributed by atoms with Crippen LogP contribution in [-0.4, -0.2) is 11.8 Å². The molecule has 0 unspecified atom stereocenters. The predicted molar refractivity (Wildman–Crippen MR) is 116 cm³/mol. The molecular weight excluding hydrogens is 400 g/mol. The van der Waals surface area contributed by atoms with Crippen LogP contribution < -0.4 is 10.2 Å². The predicted octanol–water partition coefficient (Wildman–Crippen LogP) is 3.41. The average molecular weight is 416 g/mol. The number of hydrogen-bond donors (Lipinski definition) is 1. The monoisotopic (exact) mass is 416 g/mol. The summed E-state index contributed by atoms with van der Waals surface area (Å²) in [6.07, 6.45) is 0. The first-order valence-corrected chi connectivity index (χ1v) is 10.3. The number of hydrogen-bond acceptors (Lipinski definition) is 4. The molecule has 3 aromatic carbocycles. The minimum atomic E-state index is -1.85. The van der Waals surface area contributed by atoms with Crippen molar-refractivity contribution < 1.29 is 9.59 Å². The molecule has 1 aliphatic carbocycles. The Bertz CT molecular complexity index is 1400. The van der Waals surface area contributed by atoms with Crippen LogP contribution in [-0.2, 0) is 27.0 Å². The Morgan fingerprint density at radius 1 is 0.781 bits per heavy atom. The van der Waals surface area contributed by atoms with Gasteiger partial charge < -0.3 is 10.2 Å². The van der Waals surface area contributed by atoms with E-state index >= 15 is 0 Å². The van der Waals surface area contributed by atoms with Crippen LogP contribution in [0.3, 0.4) is 0 Å². The number of para-hydroxylation sites is 2. The van der Waals surface area contributed by atoms with Gasteiger partial charge in [-0.2, -0.15) is 10.5 Å². The van der Waals surface area contributed by atoms with E-state index in [4.69, 9.17) is 0 Å². The zero-order valence-electron chi connectivity index (χ0n) is 16.9. The number of nitrogens with one attached hydrogen (secondary N) is 1. The number of carbonyl (C=O) groups is 2. The molecule has 1 saturated carbocycles. The quantitative estimate of drug-likeness (QED) is 0.692. The Balaban J connectivity index is 1.65. The van der Waals surface area contributed by atoms with Gasteiger partial charge in [-0.15, -0.1) is 0 Å². The molecule has 1 N–H and O–H groups in total. The van der Waals surface area contributed by atoms with Crippen LogP contribution in [0.15, 0.2) is 78.9 Å². The molecule has 0 radical (unpaired) electrons. The van der Waals surface area contributed by atoms with E-state index in [-0.39, 0.29) is 6.54 Å². The minimum Gasteiger partial charge on any atom is -0.325 e. The SMILES string of the molecule is N#CC1(C#N)[C@@]2(C(=O)Nc3ccccc32)[C@]12C(=O)N(Cc1ccccc1)c1ccccc12. The van der Waals surface area contributed by atoms with Gasteiger partial charge in [-0.3, -0.25) is 9.59 Å². The fourth-order valence-electron chi connectivity index (χ4n) is 6.03. The molecule has 0 bridgehead atoms. The first-order chi connectivity index (χ1) is 15.6. The summed E-state index contributed by atoms with van der Waals surface area (Å²) in [5.74, 6) is -0.871. The van der Waals surface area contributed by atoms with Crippen LogP contribution >= 0.6 is 0 Å². The zero-order chi connectivity index (χ0) is 22.1. The van der Waals surface area contributed by atoms with Crippen molar-refractivity contribution in [2.24, 2.45) is 5.41 Å². The first kappa shape index (κ1) is 18.4. The van der Waals surface area contributed by atoms with Crippen molar-refractivity contribution in [2.75, 3.05) is 10.2 Å². The highest BCUT2D eigenvalue weighted by Crippen LogP contribution is 2.83. The molecule has 0 aromatic heterocycles. The van der Waals surface area contributed by atoms with E-state index in [0.29, 0.717) is 22.5 Å².